The zero-order valence-corrected chi connectivity index (χ0v) is 22.1. The van der Waals surface area contributed by atoms with E-state index in [1.54, 1.807) is 13.8 Å². The summed E-state index contributed by atoms with van der Waals surface area (Å²) in [6.45, 7) is 3.47. The number of epoxide rings is 1. The molecule has 1 aliphatic rings. The molecule has 1 aliphatic heterocycles. The molecule has 0 bridgehead atoms. The van der Waals surface area contributed by atoms with Gasteiger partial charge in [-0.05, 0) is 25.8 Å². The van der Waals surface area contributed by atoms with E-state index in [0.717, 1.165) is 10.6 Å². The van der Waals surface area contributed by atoms with Crippen molar-refractivity contribution in [2.24, 2.45) is 0 Å². The minimum absolute atomic E-state index is 0.117. The lowest BCUT2D eigenvalue weighted by Gasteiger charge is -2.28. The van der Waals surface area contributed by atoms with Crippen LogP contribution in [0.3, 0.4) is 0 Å². The summed E-state index contributed by atoms with van der Waals surface area (Å²) in [5, 5.41) is 6.59. The van der Waals surface area contributed by atoms with Gasteiger partial charge in [0, 0.05) is 14.2 Å². The minimum atomic E-state index is -1.13. The summed E-state index contributed by atoms with van der Waals surface area (Å²) >= 11 is 1.24. The Bertz CT molecular complexity index is 1090. The van der Waals surface area contributed by atoms with E-state index in [9.17, 15) is 19.2 Å². The molecule has 1 fully saturated rings. The van der Waals surface area contributed by atoms with Crippen LogP contribution in [0.2, 0.25) is 0 Å². The predicted molar refractivity (Wildman–Crippen MR) is 136 cm³/mol. The Labute approximate surface area is 219 Å². The summed E-state index contributed by atoms with van der Waals surface area (Å²) < 4.78 is 15.7. The van der Waals surface area contributed by atoms with Gasteiger partial charge in [-0.15, -0.1) is 11.3 Å². The van der Waals surface area contributed by atoms with Gasteiger partial charge in [-0.2, -0.15) is 0 Å². The van der Waals surface area contributed by atoms with Gasteiger partial charge in [0.15, 0.2) is 5.78 Å². The molecule has 1 saturated heterocycles. The monoisotopic (exact) mass is 532 g/mol. The van der Waals surface area contributed by atoms with Gasteiger partial charge in [0.2, 0.25) is 18.2 Å². The Balaban J connectivity index is 1.77. The number of methoxy groups -OCH3 is 2. The second-order valence-corrected chi connectivity index (χ2v) is 10.1. The van der Waals surface area contributed by atoms with E-state index in [1.165, 1.54) is 36.7 Å². The van der Waals surface area contributed by atoms with E-state index in [2.05, 4.69) is 15.6 Å². The van der Waals surface area contributed by atoms with Crippen LogP contribution in [0.5, 0.6) is 0 Å². The molecule has 12 heteroatoms. The number of ketones is 1. The first-order chi connectivity index (χ1) is 17.7. The Morgan fingerprint density at radius 2 is 1.78 bits per heavy atom. The highest BCUT2D eigenvalue weighted by Gasteiger charge is 2.50. The van der Waals surface area contributed by atoms with Gasteiger partial charge >= 0.3 is 0 Å². The molecule has 1 aromatic heterocycles. The van der Waals surface area contributed by atoms with Crippen molar-refractivity contribution >= 4 is 40.3 Å². The average molecular weight is 533 g/mol. The number of aryl methyl sites for hydroxylation is 1. The van der Waals surface area contributed by atoms with Gasteiger partial charge in [0.1, 0.15) is 22.7 Å². The molecule has 0 aliphatic carbocycles. The molecule has 4 atom stereocenters. The zero-order valence-electron chi connectivity index (χ0n) is 21.3. The molecule has 2 aromatic rings. The largest absolute Gasteiger partial charge is 0.382 e. The SMILES string of the molecule is COCC(NC(=O)C(COC)N(C=O)c1cnc(C)s1)C(=O)NC(Cc1ccccc1)C(=O)C1(C)CO1. The number of thiazole rings is 1. The van der Waals surface area contributed by atoms with E-state index in [4.69, 9.17) is 14.2 Å². The molecule has 2 heterocycles. The van der Waals surface area contributed by atoms with Gasteiger partial charge in [-0.25, -0.2) is 4.98 Å². The van der Waals surface area contributed by atoms with E-state index in [1.807, 2.05) is 30.3 Å². The fraction of sp³-hybridized carbons (Fsp3) is 0.480. The van der Waals surface area contributed by atoms with Crippen molar-refractivity contribution < 1.29 is 33.4 Å². The van der Waals surface area contributed by atoms with Crippen molar-refractivity contribution in [2.75, 3.05) is 38.9 Å². The summed E-state index contributed by atoms with van der Waals surface area (Å²) in [6.07, 6.45) is 2.27. The Morgan fingerprint density at radius 1 is 1.14 bits per heavy atom. The second kappa shape index (κ2) is 12.9. The number of carbonyl (C=O) groups is 4. The van der Waals surface area contributed by atoms with Crippen molar-refractivity contribution in [1.29, 1.82) is 0 Å². The molecule has 0 spiro atoms. The van der Waals surface area contributed by atoms with E-state index >= 15 is 0 Å². The number of aromatic nitrogens is 1. The number of rotatable bonds is 15. The highest BCUT2D eigenvalue weighted by Crippen LogP contribution is 2.29. The molecule has 1 aromatic carbocycles. The van der Waals surface area contributed by atoms with Crippen LogP contribution in [-0.2, 0) is 39.8 Å². The summed E-state index contributed by atoms with van der Waals surface area (Å²) in [4.78, 5) is 56.9. The summed E-state index contributed by atoms with van der Waals surface area (Å²) in [5.74, 6) is -1.48. The minimum Gasteiger partial charge on any atom is -0.382 e. The van der Waals surface area contributed by atoms with Gasteiger partial charge < -0.3 is 24.8 Å². The summed E-state index contributed by atoms with van der Waals surface area (Å²) in [7, 11) is 2.80. The van der Waals surface area contributed by atoms with Gasteiger partial charge in [0.25, 0.3) is 0 Å². The van der Waals surface area contributed by atoms with Crippen molar-refractivity contribution in [1.82, 2.24) is 15.6 Å². The maximum atomic E-state index is 13.3. The number of Topliss-reactive ketones (excluding diaryl/α,β-unsaturated/α-hetero) is 1. The second-order valence-electron chi connectivity index (χ2n) is 8.85. The molecule has 4 unspecified atom stereocenters. The van der Waals surface area contributed by atoms with E-state index < -0.39 is 35.5 Å². The molecule has 2 N–H and O–H groups in total. The highest BCUT2D eigenvalue weighted by molar-refractivity contribution is 7.15. The van der Waals surface area contributed by atoms with Crippen molar-refractivity contribution in [3.63, 3.8) is 0 Å². The zero-order chi connectivity index (χ0) is 27.0. The third-order valence-electron chi connectivity index (χ3n) is 5.92. The van der Waals surface area contributed by atoms with Crippen molar-refractivity contribution in [3.8, 4) is 0 Å². The standard InChI is InChI=1S/C25H32N4O7S/c1-16-26-11-21(37-16)29(15-30)20(13-35-4)24(33)28-19(12-34-3)23(32)27-18(22(31)25(2)14-36-25)10-17-8-6-5-7-9-17/h5-9,11,15,18-20H,10,12-14H2,1-4H3,(H,27,32)(H,28,33). The highest BCUT2D eigenvalue weighted by atomic mass is 32.1. The lowest BCUT2D eigenvalue weighted by Crippen LogP contribution is -2.59. The van der Waals surface area contributed by atoms with Gasteiger partial charge in [-0.3, -0.25) is 24.1 Å². The van der Waals surface area contributed by atoms with Gasteiger partial charge in [-0.1, -0.05) is 30.3 Å². The summed E-state index contributed by atoms with van der Waals surface area (Å²) in [6, 6.07) is 6.22. The van der Waals surface area contributed by atoms with E-state index in [0.29, 0.717) is 11.4 Å². The fourth-order valence-corrected chi connectivity index (χ4v) is 4.55. The van der Waals surface area contributed by atoms with Crippen LogP contribution in [0, 0.1) is 6.92 Å². The number of benzene rings is 1. The molecule has 0 saturated carbocycles. The Kier molecular flexibility index (Phi) is 9.86. The number of hydrogen-bond acceptors (Lipinski definition) is 9. The molecule has 3 amide bonds. The van der Waals surface area contributed by atoms with Gasteiger partial charge in [0.05, 0.1) is 37.1 Å². The Morgan fingerprint density at radius 3 is 2.32 bits per heavy atom. The van der Waals surface area contributed by atoms with Crippen LogP contribution >= 0.6 is 11.3 Å². The van der Waals surface area contributed by atoms with Crippen molar-refractivity contribution in [2.45, 2.75) is 44.0 Å². The first-order valence-electron chi connectivity index (χ1n) is 11.7. The van der Waals surface area contributed by atoms with Crippen LogP contribution in [-0.4, -0.2) is 86.8 Å². The van der Waals surface area contributed by atoms with Crippen LogP contribution in [0.15, 0.2) is 36.5 Å². The first kappa shape index (κ1) is 28.4. The quantitative estimate of drug-likeness (QED) is 0.252. The number of carbonyl (C=O) groups excluding carboxylic acids is 4. The van der Waals surface area contributed by atoms with Crippen LogP contribution in [0.1, 0.15) is 17.5 Å². The third kappa shape index (κ3) is 7.41. The molecular weight excluding hydrogens is 500 g/mol. The Hall–Kier alpha value is -3.19. The number of ether oxygens (including phenoxy) is 3. The molecule has 0 radical (unpaired) electrons. The number of nitrogens with one attached hydrogen (secondary N) is 2. The maximum absolute atomic E-state index is 13.3. The molecule has 37 heavy (non-hydrogen) atoms. The van der Waals surface area contributed by atoms with Crippen LogP contribution in [0.4, 0.5) is 5.00 Å². The summed E-state index contributed by atoms with van der Waals surface area (Å²) in [5.41, 5.74) is -0.0902. The first-order valence-corrected chi connectivity index (χ1v) is 12.5. The molecule has 200 valence electrons. The number of nitrogens with zero attached hydrogens (tertiary/aromatic N) is 2. The number of amides is 3. The lowest BCUT2D eigenvalue weighted by atomic mass is 9.94. The lowest BCUT2D eigenvalue weighted by molar-refractivity contribution is -0.134. The molecule has 3 rings (SSSR count). The fourth-order valence-electron chi connectivity index (χ4n) is 3.76. The third-order valence-corrected chi connectivity index (χ3v) is 6.85. The maximum Gasteiger partial charge on any atom is 0.246 e. The van der Waals surface area contributed by atoms with Crippen molar-refractivity contribution in [3.05, 3.63) is 47.1 Å². The van der Waals surface area contributed by atoms with E-state index in [-0.39, 0.29) is 32.0 Å². The number of hydrogen-bond donors (Lipinski definition) is 2. The molecular formula is C25H32N4O7S. The smallest absolute Gasteiger partial charge is 0.246 e. The topological polar surface area (TPSA) is 139 Å². The van der Waals surface area contributed by atoms with Crippen LogP contribution in [0.25, 0.3) is 0 Å². The normalized spacial score (nSPS) is 18.8. The van der Waals surface area contributed by atoms with Crippen LogP contribution < -0.4 is 15.5 Å². The number of anilines is 1. The predicted octanol–water partition coefficient (Wildman–Crippen LogP) is 0.646. The molecule has 11 nitrogen and oxygen atoms in total. The average Bonchev–Trinajstić information content (AvgIpc) is 3.50.